The first-order chi connectivity index (χ1) is 14.2. The highest BCUT2D eigenvalue weighted by Gasteiger charge is 2.21. The summed E-state index contributed by atoms with van der Waals surface area (Å²) < 4.78 is 34.6. The Morgan fingerprint density at radius 1 is 0.897 bits per heavy atom. The third-order valence-electron chi connectivity index (χ3n) is 4.04. The summed E-state index contributed by atoms with van der Waals surface area (Å²) in [5.41, 5.74) is 1.07. The molecule has 5 rings (SSSR count). The van der Waals surface area contributed by atoms with Crippen LogP contribution in [0.3, 0.4) is 0 Å². The number of alkyl halides is 2. The second-order valence-corrected chi connectivity index (χ2v) is 6.84. The van der Waals surface area contributed by atoms with Crippen LogP contribution < -0.4 is 0 Å². The van der Waals surface area contributed by atoms with E-state index in [1.165, 1.54) is 11.8 Å². The maximum atomic E-state index is 13.1. The van der Waals surface area contributed by atoms with Gasteiger partial charge in [-0.3, -0.25) is 4.57 Å². The molecule has 5 aromatic rings. The molecule has 0 saturated carbocycles. The molecule has 8 nitrogen and oxygen atoms in total. The fourth-order valence-corrected chi connectivity index (χ4v) is 3.59. The number of furan rings is 1. The number of fused-ring (bicyclic) bond motifs is 1. The number of aromatic nitrogens is 7. The molecule has 0 radical (unpaired) electrons. The molecule has 0 aliphatic rings. The zero-order valence-electron chi connectivity index (χ0n) is 14.6. The Morgan fingerprint density at radius 3 is 2.52 bits per heavy atom. The average molecular weight is 411 g/mol. The van der Waals surface area contributed by atoms with Crippen molar-refractivity contribution in [3.05, 3.63) is 66.7 Å². The van der Waals surface area contributed by atoms with E-state index in [0.717, 1.165) is 10.2 Å². The van der Waals surface area contributed by atoms with Crippen molar-refractivity contribution in [1.82, 2.24) is 34.6 Å². The quantitative estimate of drug-likeness (QED) is 0.431. The SMILES string of the molecule is FC(F)c1nnc2ccc(Sc3nnc(-c4ccco4)n3-c3ccccc3)nn12. The minimum absolute atomic E-state index is 0.241. The van der Waals surface area contributed by atoms with Crippen LogP contribution in [-0.4, -0.2) is 34.6 Å². The molecule has 0 bridgehead atoms. The lowest BCUT2D eigenvalue weighted by molar-refractivity contribution is 0.137. The van der Waals surface area contributed by atoms with Crippen LogP contribution >= 0.6 is 11.8 Å². The molecule has 4 aromatic heterocycles. The molecule has 0 N–H and O–H groups in total. The Bertz CT molecular complexity index is 1270. The molecule has 4 heterocycles. The Kier molecular flexibility index (Phi) is 4.28. The third-order valence-corrected chi connectivity index (χ3v) is 4.92. The molecule has 0 aliphatic carbocycles. The molecule has 0 saturated heterocycles. The van der Waals surface area contributed by atoms with Gasteiger partial charge in [0, 0.05) is 5.69 Å². The van der Waals surface area contributed by atoms with Gasteiger partial charge in [0.05, 0.1) is 6.26 Å². The lowest BCUT2D eigenvalue weighted by Gasteiger charge is -2.08. The summed E-state index contributed by atoms with van der Waals surface area (Å²) in [5.74, 6) is 0.556. The molecule has 29 heavy (non-hydrogen) atoms. The van der Waals surface area contributed by atoms with E-state index in [9.17, 15) is 8.78 Å². The summed E-state index contributed by atoms with van der Waals surface area (Å²) in [6.07, 6.45) is -1.23. The van der Waals surface area contributed by atoms with Crippen molar-refractivity contribution in [2.75, 3.05) is 0 Å². The molecule has 11 heteroatoms. The van der Waals surface area contributed by atoms with Crippen LogP contribution in [0.1, 0.15) is 12.2 Å². The summed E-state index contributed by atoms with van der Waals surface area (Å²) in [7, 11) is 0. The van der Waals surface area contributed by atoms with E-state index in [-0.39, 0.29) is 5.65 Å². The van der Waals surface area contributed by atoms with Crippen molar-refractivity contribution in [1.29, 1.82) is 0 Å². The minimum Gasteiger partial charge on any atom is -0.461 e. The van der Waals surface area contributed by atoms with Crippen molar-refractivity contribution in [2.45, 2.75) is 16.6 Å². The number of hydrogen-bond acceptors (Lipinski definition) is 7. The molecule has 144 valence electrons. The zero-order chi connectivity index (χ0) is 19.8. The van der Waals surface area contributed by atoms with Crippen LogP contribution in [0.15, 0.2) is 75.5 Å². The Labute approximate surface area is 166 Å². The van der Waals surface area contributed by atoms with Crippen molar-refractivity contribution >= 4 is 17.4 Å². The molecular formula is C18H11F2N7OS. The topological polar surface area (TPSA) is 86.9 Å². The van der Waals surface area contributed by atoms with Gasteiger partial charge in [-0.05, 0) is 48.2 Å². The van der Waals surface area contributed by atoms with Gasteiger partial charge in [-0.1, -0.05) is 18.2 Å². The molecule has 0 amide bonds. The van der Waals surface area contributed by atoms with Gasteiger partial charge in [0.25, 0.3) is 6.43 Å². The molecule has 0 spiro atoms. The molecule has 1 aromatic carbocycles. The number of benzene rings is 1. The number of para-hydroxylation sites is 1. The van der Waals surface area contributed by atoms with Crippen LogP contribution in [0.2, 0.25) is 0 Å². The monoisotopic (exact) mass is 411 g/mol. The Hall–Kier alpha value is -3.60. The van der Waals surface area contributed by atoms with E-state index >= 15 is 0 Å². The molecule has 0 unspecified atom stereocenters. The lowest BCUT2D eigenvalue weighted by atomic mass is 10.3. The summed E-state index contributed by atoms with van der Waals surface area (Å²) >= 11 is 1.18. The predicted molar refractivity (Wildman–Crippen MR) is 98.9 cm³/mol. The van der Waals surface area contributed by atoms with E-state index in [4.69, 9.17) is 4.42 Å². The van der Waals surface area contributed by atoms with Gasteiger partial charge in [-0.25, -0.2) is 8.78 Å². The summed E-state index contributed by atoms with van der Waals surface area (Å²) in [6.45, 7) is 0. The van der Waals surface area contributed by atoms with Gasteiger partial charge in [0.2, 0.25) is 16.8 Å². The van der Waals surface area contributed by atoms with Crippen LogP contribution in [-0.2, 0) is 0 Å². The van der Waals surface area contributed by atoms with E-state index < -0.39 is 12.2 Å². The Morgan fingerprint density at radius 2 is 1.76 bits per heavy atom. The van der Waals surface area contributed by atoms with Crippen molar-refractivity contribution in [2.24, 2.45) is 0 Å². The first-order valence-electron chi connectivity index (χ1n) is 8.44. The predicted octanol–water partition coefficient (Wildman–Crippen LogP) is 4.05. The van der Waals surface area contributed by atoms with Gasteiger partial charge in [0.15, 0.2) is 11.4 Å². The van der Waals surface area contributed by atoms with Gasteiger partial charge in [-0.2, -0.15) is 9.61 Å². The lowest BCUT2D eigenvalue weighted by Crippen LogP contribution is -2.02. The maximum Gasteiger partial charge on any atom is 0.299 e. The van der Waals surface area contributed by atoms with Crippen LogP contribution in [0, 0.1) is 0 Å². The smallest absolute Gasteiger partial charge is 0.299 e. The Balaban J connectivity index is 1.60. The summed E-state index contributed by atoms with van der Waals surface area (Å²) in [4.78, 5) is 0. The first-order valence-corrected chi connectivity index (χ1v) is 9.25. The van der Waals surface area contributed by atoms with Gasteiger partial charge in [0.1, 0.15) is 5.03 Å². The highest BCUT2D eigenvalue weighted by molar-refractivity contribution is 7.99. The second-order valence-electron chi connectivity index (χ2n) is 5.86. The van der Waals surface area contributed by atoms with Crippen molar-refractivity contribution < 1.29 is 13.2 Å². The minimum atomic E-state index is -2.78. The normalized spacial score (nSPS) is 11.6. The first kappa shape index (κ1) is 17.5. The van der Waals surface area contributed by atoms with Crippen LogP contribution in [0.4, 0.5) is 8.78 Å². The van der Waals surface area contributed by atoms with Gasteiger partial charge in [-0.15, -0.1) is 20.4 Å². The highest BCUT2D eigenvalue weighted by Crippen LogP contribution is 2.31. The number of nitrogens with zero attached hydrogens (tertiary/aromatic N) is 7. The van der Waals surface area contributed by atoms with Gasteiger partial charge >= 0.3 is 0 Å². The van der Waals surface area contributed by atoms with Gasteiger partial charge < -0.3 is 4.42 Å². The fraction of sp³-hybridized carbons (Fsp3) is 0.0556. The fourth-order valence-electron chi connectivity index (χ4n) is 2.78. The van der Waals surface area contributed by atoms with Crippen molar-refractivity contribution in [3.63, 3.8) is 0 Å². The van der Waals surface area contributed by atoms with Crippen molar-refractivity contribution in [3.8, 4) is 17.3 Å². The summed E-state index contributed by atoms with van der Waals surface area (Å²) in [6, 6.07) is 16.3. The highest BCUT2D eigenvalue weighted by atomic mass is 32.2. The molecule has 0 atom stereocenters. The zero-order valence-corrected chi connectivity index (χ0v) is 15.4. The molecule has 0 aliphatic heterocycles. The van der Waals surface area contributed by atoms with Crippen LogP contribution in [0.5, 0.6) is 0 Å². The second kappa shape index (κ2) is 7.09. The third kappa shape index (κ3) is 3.14. The van der Waals surface area contributed by atoms with E-state index in [1.807, 2.05) is 34.9 Å². The number of rotatable bonds is 5. The van der Waals surface area contributed by atoms with E-state index in [0.29, 0.717) is 21.8 Å². The molecular weight excluding hydrogens is 400 g/mol. The average Bonchev–Trinajstić information content (AvgIpc) is 3.47. The maximum absolute atomic E-state index is 13.1. The summed E-state index contributed by atoms with van der Waals surface area (Å²) in [5, 5.41) is 20.9. The standard InChI is InChI=1S/C18H11F2N7OS/c19-15(20)17-23-21-13-8-9-14(25-27(13)17)29-18-24-22-16(12-7-4-10-28-12)26(18)11-5-2-1-3-6-11/h1-10,15H. The van der Waals surface area contributed by atoms with Crippen LogP contribution in [0.25, 0.3) is 22.9 Å². The molecule has 0 fully saturated rings. The largest absolute Gasteiger partial charge is 0.461 e. The van der Waals surface area contributed by atoms with E-state index in [2.05, 4.69) is 25.5 Å². The number of hydrogen-bond donors (Lipinski definition) is 0. The number of halogens is 2. The van der Waals surface area contributed by atoms with E-state index in [1.54, 1.807) is 30.5 Å².